The van der Waals surface area contributed by atoms with Gasteiger partial charge in [-0.25, -0.2) is 4.98 Å². The molecule has 0 aliphatic carbocycles. The van der Waals surface area contributed by atoms with E-state index < -0.39 is 0 Å². The number of amides is 1. The van der Waals surface area contributed by atoms with Crippen LogP contribution in [-0.4, -0.2) is 10.9 Å². The molecule has 0 aliphatic heterocycles. The van der Waals surface area contributed by atoms with Crippen molar-refractivity contribution < 1.29 is 4.79 Å². The molecule has 1 amide bonds. The molecule has 1 heterocycles. The van der Waals surface area contributed by atoms with Gasteiger partial charge in [0.05, 0.1) is 22.8 Å². The maximum atomic E-state index is 11.9. The number of halogens is 2. The van der Waals surface area contributed by atoms with Crippen LogP contribution < -0.4 is 11.1 Å². The van der Waals surface area contributed by atoms with Gasteiger partial charge in [-0.1, -0.05) is 23.7 Å². The molecule has 0 saturated heterocycles. The van der Waals surface area contributed by atoms with Crippen molar-refractivity contribution in [1.82, 2.24) is 4.98 Å². The van der Waals surface area contributed by atoms with Crippen LogP contribution in [0.5, 0.6) is 0 Å². The first-order valence-corrected chi connectivity index (χ1v) is 6.67. The second-order valence-electron chi connectivity index (χ2n) is 3.95. The van der Waals surface area contributed by atoms with Crippen LogP contribution in [0, 0.1) is 0 Å². The monoisotopic (exact) mass is 339 g/mol. The highest BCUT2D eigenvalue weighted by atomic mass is 79.9. The Morgan fingerprint density at radius 1 is 1.37 bits per heavy atom. The van der Waals surface area contributed by atoms with Gasteiger partial charge in [0.2, 0.25) is 5.91 Å². The second-order valence-corrected chi connectivity index (χ2v) is 5.24. The summed E-state index contributed by atoms with van der Waals surface area (Å²) in [5.41, 5.74) is 6.99. The van der Waals surface area contributed by atoms with Gasteiger partial charge in [0.15, 0.2) is 0 Å². The lowest BCUT2D eigenvalue weighted by Crippen LogP contribution is -2.15. The number of nitrogens with two attached hydrogens (primary N) is 1. The lowest BCUT2D eigenvalue weighted by Gasteiger charge is -2.07. The largest absolute Gasteiger partial charge is 0.397 e. The van der Waals surface area contributed by atoms with Gasteiger partial charge in [-0.15, -0.1) is 0 Å². The lowest BCUT2D eigenvalue weighted by molar-refractivity contribution is -0.115. The van der Waals surface area contributed by atoms with Crippen LogP contribution in [0.3, 0.4) is 0 Å². The molecule has 0 unspecified atom stereocenters. The highest BCUT2D eigenvalue weighted by molar-refractivity contribution is 9.10. The second kappa shape index (κ2) is 6.04. The number of benzene rings is 1. The minimum absolute atomic E-state index is 0.153. The molecule has 0 radical (unpaired) electrons. The van der Waals surface area contributed by atoms with Crippen LogP contribution in [-0.2, 0) is 11.2 Å². The van der Waals surface area contributed by atoms with E-state index >= 15 is 0 Å². The van der Waals surface area contributed by atoms with E-state index in [0.29, 0.717) is 21.0 Å². The van der Waals surface area contributed by atoms with Crippen LogP contribution in [0.25, 0.3) is 0 Å². The lowest BCUT2D eigenvalue weighted by atomic mass is 10.1. The molecule has 0 spiro atoms. The van der Waals surface area contributed by atoms with Crippen molar-refractivity contribution in [2.75, 3.05) is 11.1 Å². The molecule has 2 rings (SSSR count). The third-order valence-electron chi connectivity index (χ3n) is 2.40. The molecular formula is C13H11BrClN3O. The van der Waals surface area contributed by atoms with Crippen molar-refractivity contribution in [1.29, 1.82) is 0 Å². The molecule has 0 aliphatic rings. The van der Waals surface area contributed by atoms with Gasteiger partial charge in [-0.3, -0.25) is 4.79 Å². The Hall–Kier alpha value is -1.59. The summed E-state index contributed by atoms with van der Waals surface area (Å²) in [4.78, 5) is 15.9. The van der Waals surface area contributed by atoms with Gasteiger partial charge < -0.3 is 11.1 Å². The number of pyridine rings is 1. The Morgan fingerprint density at radius 2 is 2.05 bits per heavy atom. The molecule has 4 nitrogen and oxygen atoms in total. The van der Waals surface area contributed by atoms with Crippen LogP contribution >= 0.6 is 27.5 Å². The van der Waals surface area contributed by atoms with Crippen molar-refractivity contribution in [3.8, 4) is 0 Å². The van der Waals surface area contributed by atoms with Crippen LogP contribution in [0.15, 0.2) is 41.0 Å². The number of carbonyl (C=O) groups excluding carboxylic acids is 1. The van der Waals surface area contributed by atoms with E-state index in [1.54, 1.807) is 18.2 Å². The predicted molar refractivity (Wildman–Crippen MR) is 80.1 cm³/mol. The van der Waals surface area contributed by atoms with E-state index in [4.69, 9.17) is 17.3 Å². The molecule has 0 fully saturated rings. The minimum Gasteiger partial charge on any atom is -0.397 e. The Kier molecular flexibility index (Phi) is 4.39. The van der Waals surface area contributed by atoms with Gasteiger partial charge >= 0.3 is 0 Å². The van der Waals surface area contributed by atoms with E-state index in [1.165, 1.54) is 6.20 Å². The quantitative estimate of drug-likeness (QED) is 0.901. The fraction of sp³-hybridized carbons (Fsp3) is 0.0769. The van der Waals surface area contributed by atoms with Gasteiger partial charge in [0, 0.05) is 5.02 Å². The van der Waals surface area contributed by atoms with E-state index in [0.717, 1.165) is 5.56 Å². The summed E-state index contributed by atoms with van der Waals surface area (Å²) in [6.07, 6.45) is 1.75. The third kappa shape index (κ3) is 3.94. The molecule has 1 aromatic carbocycles. The molecule has 2 aromatic rings. The average Bonchev–Trinajstić information content (AvgIpc) is 2.36. The number of carbonyl (C=O) groups is 1. The predicted octanol–water partition coefficient (Wildman–Crippen LogP) is 3.26. The summed E-state index contributed by atoms with van der Waals surface area (Å²) in [5.74, 6) is 0.299. The van der Waals surface area contributed by atoms with Crippen molar-refractivity contribution in [3.05, 3.63) is 51.6 Å². The summed E-state index contributed by atoms with van der Waals surface area (Å²) in [5, 5.41) is 3.36. The molecule has 0 bridgehead atoms. The maximum Gasteiger partial charge on any atom is 0.229 e. The van der Waals surface area contributed by atoms with Crippen molar-refractivity contribution >= 4 is 44.9 Å². The van der Waals surface area contributed by atoms with Crippen LogP contribution in [0.2, 0.25) is 5.02 Å². The Balaban J connectivity index is 2.03. The van der Waals surface area contributed by atoms with Gasteiger partial charge in [0.25, 0.3) is 0 Å². The first kappa shape index (κ1) is 13.8. The number of hydrogen-bond donors (Lipinski definition) is 2. The maximum absolute atomic E-state index is 11.9. The fourth-order valence-corrected chi connectivity index (χ4v) is 2.10. The molecule has 1 aromatic heterocycles. The standard InChI is InChI=1S/C13H11BrClN3O/c14-11-6-10(16)7-17-13(11)18-12(19)5-8-1-3-9(15)4-2-8/h1-4,6-7H,5,16H2,(H,17,18,19). The molecule has 3 N–H and O–H groups in total. The zero-order chi connectivity index (χ0) is 13.8. The number of aromatic nitrogens is 1. The summed E-state index contributed by atoms with van der Waals surface area (Å²) in [6.45, 7) is 0. The van der Waals surface area contributed by atoms with E-state index in [1.807, 2.05) is 12.1 Å². The van der Waals surface area contributed by atoms with E-state index in [9.17, 15) is 4.79 Å². The molecule has 0 atom stereocenters. The van der Waals surface area contributed by atoms with E-state index in [2.05, 4.69) is 26.2 Å². The Bertz CT molecular complexity index is 601. The summed E-state index contributed by atoms with van der Waals surface area (Å²) < 4.78 is 0.650. The molecule has 19 heavy (non-hydrogen) atoms. The highest BCUT2D eigenvalue weighted by Crippen LogP contribution is 2.22. The summed E-state index contributed by atoms with van der Waals surface area (Å²) in [6, 6.07) is 8.81. The number of rotatable bonds is 3. The van der Waals surface area contributed by atoms with Crippen molar-refractivity contribution in [2.45, 2.75) is 6.42 Å². The SMILES string of the molecule is Nc1cnc(NC(=O)Cc2ccc(Cl)cc2)c(Br)c1. The topological polar surface area (TPSA) is 68.0 Å². The van der Waals surface area contributed by atoms with Gasteiger partial charge in [0.1, 0.15) is 5.82 Å². The van der Waals surface area contributed by atoms with Crippen molar-refractivity contribution in [2.24, 2.45) is 0 Å². The number of nitrogens with one attached hydrogen (secondary N) is 1. The van der Waals surface area contributed by atoms with Crippen LogP contribution in [0.1, 0.15) is 5.56 Å². The molecular weight excluding hydrogens is 330 g/mol. The Labute approximate surface area is 124 Å². The summed E-state index contributed by atoms with van der Waals surface area (Å²) >= 11 is 9.08. The van der Waals surface area contributed by atoms with Crippen LogP contribution in [0.4, 0.5) is 11.5 Å². The van der Waals surface area contributed by atoms with E-state index in [-0.39, 0.29) is 12.3 Å². The molecule has 0 saturated carbocycles. The van der Waals surface area contributed by atoms with Crippen molar-refractivity contribution in [3.63, 3.8) is 0 Å². The average molecular weight is 341 g/mol. The number of nitrogens with zero attached hydrogens (tertiary/aromatic N) is 1. The van der Waals surface area contributed by atoms with Gasteiger partial charge in [-0.05, 0) is 39.7 Å². The normalized spacial score (nSPS) is 10.2. The number of hydrogen-bond acceptors (Lipinski definition) is 3. The first-order chi connectivity index (χ1) is 9.04. The number of anilines is 2. The number of nitrogen functional groups attached to an aromatic ring is 1. The smallest absolute Gasteiger partial charge is 0.229 e. The fourth-order valence-electron chi connectivity index (χ4n) is 1.51. The Morgan fingerprint density at radius 3 is 2.68 bits per heavy atom. The molecule has 98 valence electrons. The summed E-state index contributed by atoms with van der Waals surface area (Å²) in [7, 11) is 0. The first-order valence-electron chi connectivity index (χ1n) is 5.50. The minimum atomic E-state index is -0.153. The molecule has 6 heteroatoms. The highest BCUT2D eigenvalue weighted by Gasteiger charge is 2.08. The van der Waals surface area contributed by atoms with Gasteiger partial charge in [-0.2, -0.15) is 0 Å². The zero-order valence-corrected chi connectivity index (χ0v) is 12.2. The zero-order valence-electron chi connectivity index (χ0n) is 9.86. The third-order valence-corrected chi connectivity index (χ3v) is 3.25.